The Labute approximate surface area is 74.9 Å². The van der Waals surface area contributed by atoms with Gasteiger partial charge in [0.25, 0.3) is 0 Å². The van der Waals surface area contributed by atoms with E-state index in [-0.39, 0.29) is 0 Å². The van der Waals surface area contributed by atoms with E-state index in [9.17, 15) is 4.79 Å². The zero-order valence-corrected chi connectivity index (χ0v) is 8.05. The molecule has 0 amide bonds. The third-order valence-corrected chi connectivity index (χ3v) is 2.75. The number of aldehydes is 1. The van der Waals surface area contributed by atoms with E-state index in [0.29, 0.717) is 5.92 Å². The van der Waals surface area contributed by atoms with E-state index in [1.54, 1.807) is 0 Å². The molecule has 0 aromatic carbocycles. The van der Waals surface area contributed by atoms with Crippen LogP contribution in [0.25, 0.3) is 0 Å². The van der Waals surface area contributed by atoms with Gasteiger partial charge < -0.3 is 0 Å². The fraction of sp³-hybridized carbons (Fsp3) is 0.727. The maximum Gasteiger partial charge on any atom is 0.145 e. The van der Waals surface area contributed by atoms with Crippen molar-refractivity contribution in [3.8, 4) is 0 Å². The Kier molecular flexibility index (Phi) is 3.51. The molecule has 0 radical (unpaired) electrons. The van der Waals surface area contributed by atoms with E-state index in [1.807, 2.05) is 6.92 Å². The fourth-order valence-corrected chi connectivity index (χ4v) is 1.86. The van der Waals surface area contributed by atoms with Crippen LogP contribution in [0.2, 0.25) is 0 Å². The third-order valence-electron chi connectivity index (χ3n) is 2.75. The normalized spacial score (nSPS) is 31.7. The lowest BCUT2D eigenvalue weighted by molar-refractivity contribution is -0.104. The van der Waals surface area contributed by atoms with Crippen LogP contribution in [0.4, 0.5) is 0 Å². The first-order valence-electron chi connectivity index (χ1n) is 4.86. The first-order valence-corrected chi connectivity index (χ1v) is 4.86. The van der Waals surface area contributed by atoms with Gasteiger partial charge in [-0.05, 0) is 37.2 Å². The molecule has 0 N–H and O–H groups in total. The van der Waals surface area contributed by atoms with Crippen LogP contribution in [0.15, 0.2) is 11.6 Å². The lowest BCUT2D eigenvalue weighted by atomic mass is 9.82. The van der Waals surface area contributed by atoms with Gasteiger partial charge in [-0.3, -0.25) is 4.79 Å². The van der Waals surface area contributed by atoms with Crippen molar-refractivity contribution in [3.63, 3.8) is 0 Å². The summed E-state index contributed by atoms with van der Waals surface area (Å²) in [7, 11) is 0. The van der Waals surface area contributed by atoms with Crippen molar-refractivity contribution in [2.45, 2.75) is 39.5 Å². The molecule has 12 heavy (non-hydrogen) atoms. The van der Waals surface area contributed by atoms with Crippen LogP contribution in [-0.4, -0.2) is 6.29 Å². The summed E-state index contributed by atoms with van der Waals surface area (Å²) in [6, 6.07) is 0. The molecular formula is C11H18O. The topological polar surface area (TPSA) is 17.1 Å². The van der Waals surface area contributed by atoms with Crippen molar-refractivity contribution in [3.05, 3.63) is 11.6 Å². The van der Waals surface area contributed by atoms with E-state index in [2.05, 4.69) is 13.0 Å². The Bertz CT molecular complexity index is 173. The summed E-state index contributed by atoms with van der Waals surface area (Å²) in [6.45, 7) is 4.21. The second kappa shape index (κ2) is 4.44. The van der Waals surface area contributed by atoms with Crippen molar-refractivity contribution in [2.24, 2.45) is 11.8 Å². The minimum absolute atomic E-state index is 0.673. The molecule has 1 rings (SSSR count). The molecule has 1 aliphatic carbocycles. The number of carbonyl (C=O) groups excluding carboxylic acids is 1. The van der Waals surface area contributed by atoms with Gasteiger partial charge in [0.2, 0.25) is 0 Å². The molecule has 0 unspecified atom stereocenters. The smallest absolute Gasteiger partial charge is 0.145 e. The molecule has 1 nitrogen and oxygen atoms in total. The number of allylic oxidation sites excluding steroid dienone is 2. The number of hydrogen-bond donors (Lipinski definition) is 0. The average molecular weight is 166 g/mol. The molecule has 0 atom stereocenters. The van der Waals surface area contributed by atoms with Gasteiger partial charge in [0.15, 0.2) is 0 Å². The number of rotatable bonds is 2. The van der Waals surface area contributed by atoms with Crippen molar-refractivity contribution in [2.75, 3.05) is 0 Å². The molecule has 0 aromatic heterocycles. The van der Waals surface area contributed by atoms with E-state index < -0.39 is 0 Å². The Morgan fingerprint density at radius 3 is 2.33 bits per heavy atom. The van der Waals surface area contributed by atoms with E-state index in [1.165, 1.54) is 25.7 Å². The largest absolute Gasteiger partial charge is 0.298 e. The van der Waals surface area contributed by atoms with Crippen molar-refractivity contribution < 1.29 is 4.79 Å². The Morgan fingerprint density at radius 1 is 1.25 bits per heavy atom. The predicted molar refractivity (Wildman–Crippen MR) is 50.9 cm³/mol. The minimum Gasteiger partial charge on any atom is -0.298 e. The monoisotopic (exact) mass is 166 g/mol. The van der Waals surface area contributed by atoms with Crippen LogP contribution in [0, 0.1) is 11.8 Å². The van der Waals surface area contributed by atoms with Crippen LogP contribution in [-0.2, 0) is 4.79 Å². The summed E-state index contributed by atoms with van der Waals surface area (Å²) < 4.78 is 0. The lowest BCUT2D eigenvalue weighted by Gasteiger charge is -2.23. The highest BCUT2D eigenvalue weighted by Gasteiger charge is 2.15. The van der Waals surface area contributed by atoms with Gasteiger partial charge in [0.05, 0.1) is 0 Å². The van der Waals surface area contributed by atoms with E-state index >= 15 is 0 Å². The molecule has 0 aromatic rings. The zero-order valence-electron chi connectivity index (χ0n) is 8.05. The van der Waals surface area contributed by atoms with E-state index in [0.717, 1.165) is 17.8 Å². The number of carbonyl (C=O) groups is 1. The second-order valence-electron chi connectivity index (χ2n) is 4.05. The van der Waals surface area contributed by atoms with Crippen LogP contribution >= 0.6 is 0 Å². The minimum atomic E-state index is 0.673. The predicted octanol–water partition coefficient (Wildman–Crippen LogP) is 2.96. The SMILES string of the molecule is CC(C=O)=CC1CCC(C)CC1. The highest BCUT2D eigenvalue weighted by atomic mass is 16.1. The summed E-state index contributed by atoms with van der Waals surface area (Å²) in [5, 5.41) is 0. The zero-order chi connectivity index (χ0) is 8.97. The van der Waals surface area contributed by atoms with Gasteiger partial charge in [-0.15, -0.1) is 0 Å². The summed E-state index contributed by atoms with van der Waals surface area (Å²) in [6.07, 6.45) is 8.29. The van der Waals surface area contributed by atoms with Crippen LogP contribution in [0.5, 0.6) is 0 Å². The molecule has 1 fully saturated rings. The average Bonchev–Trinajstić information content (AvgIpc) is 2.09. The van der Waals surface area contributed by atoms with Crippen molar-refractivity contribution in [1.29, 1.82) is 0 Å². The maximum absolute atomic E-state index is 10.4. The molecule has 1 heteroatoms. The summed E-state index contributed by atoms with van der Waals surface area (Å²) in [4.78, 5) is 10.4. The molecule has 0 aliphatic heterocycles. The fourth-order valence-electron chi connectivity index (χ4n) is 1.86. The molecule has 0 saturated heterocycles. The van der Waals surface area contributed by atoms with Gasteiger partial charge in [-0.25, -0.2) is 0 Å². The highest BCUT2D eigenvalue weighted by molar-refractivity contribution is 5.72. The molecular weight excluding hydrogens is 148 g/mol. The van der Waals surface area contributed by atoms with Gasteiger partial charge in [0, 0.05) is 0 Å². The quantitative estimate of drug-likeness (QED) is 0.455. The summed E-state index contributed by atoms with van der Waals surface area (Å²) in [5.74, 6) is 1.57. The van der Waals surface area contributed by atoms with E-state index in [4.69, 9.17) is 0 Å². The molecule has 0 bridgehead atoms. The van der Waals surface area contributed by atoms with Crippen molar-refractivity contribution in [1.82, 2.24) is 0 Å². The Hall–Kier alpha value is -0.590. The standard InChI is InChI=1S/C11H18O/c1-9-3-5-11(6-4-9)7-10(2)8-12/h7-9,11H,3-6H2,1-2H3. The summed E-state index contributed by atoms with van der Waals surface area (Å²) >= 11 is 0. The van der Waals surface area contributed by atoms with Gasteiger partial charge in [-0.1, -0.05) is 25.8 Å². The molecule has 1 aliphatic rings. The maximum atomic E-state index is 10.4. The van der Waals surface area contributed by atoms with Crippen LogP contribution in [0.1, 0.15) is 39.5 Å². The Balaban J connectivity index is 2.40. The molecule has 0 spiro atoms. The van der Waals surface area contributed by atoms with Gasteiger partial charge in [0.1, 0.15) is 6.29 Å². The Morgan fingerprint density at radius 2 is 1.83 bits per heavy atom. The van der Waals surface area contributed by atoms with Crippen LogP contribution in [0.3, 0.4) is 0 Å². The first-order chi connectivity index (χ1) is 5.72. The molecule has 68 valence electrons. The first kappa shape index (κ1) is 9.50. The van der Waals surface area contributed by atoms with Crippen LogP contribution < -0.4 is 0 Å². The van der Waals surface area contributed by atoms with Gasteiger partial charge in [-0.2, -0.15) is 0 Å². The van der Waals surface area contributed by atoms with Gasteiger partial charge >= 0.3 is 0 Å². The van der Waals surface area contributed by atoms with Crippen molar-refractivity contribution >= 4 is 6.29 Å². The lowest BCUT2D eigenvalue weighted by Crippen LogP contribution is -2.10. The second-order valence-corrected chi connectivity index (χ2v) is 4.05. The third kappa shape index (κ3) is 2.80. The number of hydrogen-bond acceptors (Lipinski definition) is 1. The highest BCUT2D eigenvalue weighted by Crippen LogP contribution is 2.29. The molecule has 1 saturated carbocycles. The summed E-state index contributed by atoms with van der Waals surface area (Å²) in [5.41, 5.74) is 0.898. The molecule has 0 heterocycles.